The molecule has 0 rings (SSSR count). The third-order valence-corrected chi connectivity index (χ3v) is 1.13. The van der Waals surface area contributed by atoms with Crippen molar-refractivity contribution < 1.29 is 19.8 Å². The van der Waals surface area contributed by atoms with E-state index >= 15 is 0 Å². The van der Waals surface area contributed by atoms with Gasteiger partial charge in [0.2, 0.25) is 0 Å². The molecule has 4 nitrogen and oxygen atoms in total. The van der Waals surface area contributed by atoms with Crippen LogP contribution in [-0.2, 0) is 9.59 Å². The van der Waals surface area contributed by atoms with Gasteiger partial charge in [-0.25, -0.2) is 9.59 Å². The molecule has 0 amide bonds. The standard InChI is InChI=1S/C8H10O4/c1-5(4-7(9)10)3-6(2)8(11)12/h3-4H,1-2H3,(H,9,10)(H,11,12)/b5-4-,6-3+. The average Bonchev–Trinajstić information content (AvgIpc) is 1.84. The van der Waals surface area contributed by atoms with Gasteiger partial charge in [-0.2, -0.15) is 0 Å². The van der Waals surface area contributed by atoms with Crippen molar-refractivity contribution in [2.45, 2.75) is 13.8 Å². The first-order valence-corrected chi connectivity index (χ1v) is 3.26. The number of rotatable bonds is 3. The second-order valence-electron chi connectivity index (χ2n) is 2.36. The first-order valence-electron chi connectivity index (χ1n) is 3.26. The summed E-state index contributed by atoms with van der Waals surface area (Å²) >= 11 is 0. The van der Waals surface area contributed by atoms with Gasteiger partial charge in [-0.3, -0.25) is 0 Å². The molecule has 66 valence electrons. The fourth-order valence-electron chi connectivity index (χ4n) is 0.640. The zero-order chi connectivity index (χ0) is 9.72. The summed E-state index contributed by atoms with van der Waals surface area (Å²) in [7, 11) is 0. The molecule has 4 heteroatoms. The van der Waals surface area contributed by atoms with Crippen LogP contribution in [0, 0.1) is 0 Å². The molecular weight excluding hydrogens is 160 g/mol. The van der Waals surface area contributed by atoms with Crippen LogP contribution in [0.25, 0.3) is 0 Å². The molecule has 0 aliphatic heterocycles. The molecular formula is C8H10O4. The van der Waals surface area contributed by atoms with Crippen molar-refractivity contribution in [2.24, 2.45) is 0 Å². The molecule has 0 aromatic heterocycles. The second kappa shape index (κ2) is 4.33. The summed E-state index contributed by atoms with van der Waals surface area (Å²) in [6, 6.07) is 0. The molecule has 12 heavy (non-hydrogen) atoms. The Balaban J connectivity index is 4.54. The van der Waals surface area contributed by atoms with E-state index < -0.39 is 11.9 Å². The van der Waals surface area contributed by atoms with E-state index in [1.54, 1.807) is 0 Å². The van der Waals surface area contributed by atoms with Gasteiger partial charge in [-0.1, -0.05) is 0 Å². The number of hydrogen-bond acceptors (Lipinski definition) is 2. The van der Waals surface area contributed by atoms with Crippen molar-refractivity contribution in [3.63, 3.8) is 0 Å². The van der Waals surface area contributed by atoms with Gasteiger partial charge >= 0.3 is 11.9 Å². The van der Waals surface area contributed by atoms with Crippen LogP contribution in [0.2, 0.25) is 0 Å². The molecule has 0 radical (unpaired) electrons. The maximum absolute atomic E-state index is 10.3. The van der Waals surface area contributed by atoms with Gasteiger partial charge in [0.15, 0.2) is 0 Å². The van der Waals surface area contributed by atoms with Gasteiger partial charge in [0.25, 0.3) is 0 Å². The molecule has 0 saturated carbocycles. The molecule has 0 aliphatic rings. The normalized spacial score (nSPS) is 12.8. The first kappa shape index (κ1) is 10.4. The zero-order valence-corrected chi connectivity index (χ0v) is 6.87. The molecule has 0 aromatic rings. The summed E-state index contributed by atoms with van der Waals surface area (Å²) in [4.78, 5) is 20.4. The van der Waals surface area contributed by atoms with Crippen LogP contribution >= 0.6 is 0 Å². The van der Waals surface area contributed by atoms with Crippen molar-refractivity contribution in [1.82, 2.24) is 0 Å². The fraction of sp³-hybridized carbons (Fsp3) is 0.250. The molecule has 0 aromatic carbocycles. The third kappa shape index (κ3) is 4.27. The third-order valence-electron chi connectivity index (χ3n) is 1.13. The van der Waals surface area contributed by atoms with Crippen LogP contribution in [0.3, 0.4) is 0 Å². The number of allylic oxidation sites excluding steroid dienone is 2. The SMILES string of the molecule is CC(=C/C(=O)O)/C=C(\C)C(=O)O. The predicted octanol–water partition coefficient (Wildman–Crippen LogP) is 1.05. The molecule has 0 atom stereocenters. The van der Waals surface area contributed by atoms with E-state index in [1.807, 2.05) is 0 Å². The minimum absolute atomic E-state index is 0.116. The van der Waals surface area contributed by atoms with E-state index in [1.165, 1.54) is 19.9 Å². The van der Waals surface area contributed by atoms with Crippen molar-refractivity contribution in [2.75, 3.05) is 0 Å². The Morgan fingerprint density at radius 2 is 1.58 bits per heavy atom. The van der Waals surface area contributed by atoms with Gasteiger partial charge in [-0.05, 0) is 25.5 Å². The first-order chi connectivity index (χ1) is 5.43. The van der Waals surface area contributed by atoms with Crippen molar-refractivity contribution >= 4 is 11.9 Å². The van der Waals surface area contributed by atoms with E-state index in [9.17, 15) is 9.59 Å². The lowest BCUT2D eigenvalue weighted by Crippen LogP contribution is -1.96. The minimum Gasteiger partial charge on any atom is -0.478 e. The fourth-order valence-corrected chi connectivity index (χ4v) is 0.640. The lowest BCUT2D eigenvalue weighted by Gasteiger charge is -1.92. The average molecular weight is 170 g/mol. The van der Waals surface area contributed by atoms with Gasteiger partial charge in [0.05, 0.1) is 0 Å². The van der Waals surface area contributed by atoms with Crippen molar-refractivity contribution in [1.29, 1.82) is 0 Å². The highest BCUT2D eigenvalue weighted by atomic mass is 16.4. The minimum atomic E-state index is -1.08. The molecule has 0 unspecified atom stereocenters. The van der Waals surface area contributed by atoms with E-state index in [0.29, 0.717) is 5.57 Å². The topological polar surface area (TPSA) is 74.6 Å². The predicted molar refractivity (Wildman–Crippen MR) is 42.8 cm³/mol. The highest BCUT2D eigenvalue weighted by Gasteiger charge is 1.99. The number of carboxylic acids is 2. The molecule has 2 N–H and O–H groups in total. The Bertz CT molecular complexity index is 260. The zero-order valence-electron chi connectivity index (χ0n) is 6.87. The molecule has 0 bridgehead atoms. The lowest BCUT2D eigenvalue weighted by molar-refractivity contribution is -0.133. The van der Waals surface area contributed by atoms with E-state index in [-0.39, 0.29) is 5.57 Å². The monoisotopic (exact) mass is 170 g/mol. The van der Waals surface area contributed by atoms with Crippen molar-refractivity contribution in [3.05, 3.63) is 23.3 Å². The van der Waals surface area contributed by atoms with Crippen LogP contribution in [-0.4, -0.2) is 22.2 Å². The van der Waals surface area contributed by atoms with Crippen LogP contribution in [0.4, 0.5) is 0 Å². The van der Waals surface area contributed by atoms with E-state index in [0.717, 1.165) is 6.08 Å². The Labute approximate surface area is 69.8 Å². The van der Waals surface area contributed by atoms with Crippen LogP contribution in [0.1, 0.15) is 13.8 Å². The second-order valence-corrected chi connectivity index (χ2v) is 2.36. The molecule has 0 spiro atoms. The molecule has 0 aliphatic carbocycles. The largest absolute Gasteiger partial charge is 0.478 e. The maximum atomic E-state index is 10.3. The van der Waals surface area contributed by atoms with Crippen LogP contribution < -0.4 is 0 Å². The number of hydrogen-bond donors (Lipinski definition) is 2. The van der Waals surface area contributed by atoms with E-state index in [2.05, 4.69) is 0 Å². The number of carbonyl (C=O) groups is 2. The highest BCUT2D eigenvalue weighted by Crippen LogP contribution is 2.01. The van der Waals surface area contributed by atoms with Gasteiger partial charge < -0.3 is 10.2 Å². The number of aliphatic carboxylic acids is 2. The van der Waals surface area contributed by atoms with E-state index in [4.69, 9.17) is 10.2 Å². The molecule has 0 heterocycles. The van der Waals surface area contributed by atoms with Gasteiger partial charge in [-0.15, -0.1) is 0 Å². The Morgan fingerprint density at radius 3 is 1.92 bits per heavy atom. The summed E-state index contributed by atoms with van der Waals surface area (Å²) in [5.74, 6) is -2.13. The summed E-state index contributed by atoms with van der Waals surface area (Å²) in [5.41, 5.74) is 0.521. The summed E-state index contributed by atoms with van der Waals surface area (Å²) in [5, 5.41) is 16.7. The van der Waals surface area contributed by atoms with Crippen molar-refractivity contribution in [3.8, 4) is 0 Å². The summed E-state index contributed by atoms with van der Waals surface area (Å²) < 4.78 is 0. The quantitative estimate of drug-likeness (QED) is 0.490. The molecule has 0 fully saturated rings. The lowest BCUT2D eigenvalue weighted by atomic mass is 10.2. The van der Waals surface area contributed by atoms with Gasteiger partial charge in [0.1, 0.15) is 0 Å². The smallest absolute Gasteiger partial charge is 0.331 e. The number of carboxylic acid groups (broad SMARTS) is 2. The Kier molecular flexibility index (Phi) is 3.76. The van der Waals surface area contributed by atoms with Gasteiger partial charge in [0, 0.05) is 11.6 Å². The molecule has 0 saturated heterocycles. The summed E-state index contributed by atoms with van der Waals surface area (Å²) in [6.45, 7) is 2.93. The van der Waals surface area contributed by atoms with Crippen LogP contribution in [0.15, 0.2) is 23.3 Å². The highest BCUT2D eigenvalue weighted by molar-refractivity contribution is 5.87. The van der Waals surface area contributed by atoms with Crippen LogP contribution in [0.5, 0.6) is 0 Å². The Hall–Kier alpha value is -1.58. The Morgan fingerprint density at radius 1 is 1.08 bits per heavy atom. The summed E-state index contributed by atoms with van der Waals surface area (Å²) in [6.07, 6.45) is 2.25. The maximum Gasteiger partial charge on any atom is 0.331 e.